The molecule has 0 saturated carbocycles. The predicted molar refractivity (Wildman–Crippen MR) is 84.6 cm³/mol. The molecular formula is C18H15F3O3. The third-order valence-corrected chi connectivity index (χ3v) is 3.24. The number of benzene rings is 2. The lowest BCUT2D eigenvalue weighted by molar-refractivity contribution is -0.137. The van der Waals surface area contributed by atoms with Crippen LogP contribution in [0.5, 0.6) is 5.75 Å². The molecule has 0 radical (unpaired) electrons. The molecule has 1 N–H and O–H groups in total. The zero-order valence-electron chi connectivity index (χ0n) is 12.8. The number of hydrogen-bond donors (Lipinski definition) is 1. The molecule has 0 amide bonds. The Kier molecular flexibility index (Phi) is 5.28. The molecule has 0 heterocycles. The van der Waals surface area contributed by atoms with Crippen LogP contribution in [-0.4, -0.2) is 17.7 Å². The fourth-order valence-electron chi connectivity index (χ4n) is 2.12. The number of hydrogen-bond acceptors (Lipinski definition) is 2. The highest BCUT2D eigenvalue weighted by molar-refractivity contribution is 6.20. The largest absolute Gasteiger partial charge is 0.494 e. The maximum Gasteiger partial charge on any atom is 0.416 e. The van der Waals surface area contributed by atoms with Crippen molar-refractivity contribution < 1.29 is 27.8 Å². The van der Waals surface area contributed by atoms with Gasteiger partial charge in [0.05, 0.1) is 17.7 Å². The van der Waals surface area contributed by atoms with Crippen LogP contribution in [0.3, 0.4) is 0 Å². The standard InChI is InChI=1S/C18H15F3O3/c1-2-24-15-5-3-4-13(11-15)16(17(22)23)10-12-6-8-14(9-7-12)18(19,20)21/h3-11H,2H2,1H3,(H,22,23)/b16-10-. The van der Waals surface area contributed by atoms with E-state index in [4.69, 9.17) is 4.74 Å². The van der Waals surface area contributed by atoms with Crippen LogP contribution >= 0.6 is 0 Å². The summed E-state index contributed by atoms with van der Waals surface area (Å²) < 4.78 is 43.0. The molecule has 3 nitrogen and oxygen atoms in total. The molecule has 0 fully saturated rings. The molecule has 6 heteroatoms. The number of halogens is 3. The van der Waals surface area contributed by atoms with E-state index in [1.54, 1.807) is 24.3 Å². The van der Waals surface area contributed by atoms with E-state index in [9.17, 15) is 23.1 Å². The molecule has 0 bridgehead atoms. The van der Waals surface area contributed by atoms with E-state index < -0.39 is 17.7 Å². The molecule has 0 aliphatic heterocycles. The van der Waals surface area contributed by atoms with Crippen molar-refractivity contribution in [2.45, 2.75) is 13.1 Å². The molecule has 2 aromatic carbocycles. The van der Waals surface area contributed by atoms with Crippen LogP contribution in [0.4, 0.5) is 13.2 Å². The van der Waals surface area contributed by atoms with Crippen LogP contribution in [0.2, 0.25) is 0 Å². The van der Waals surface area contributed by atoms with E-state index in [1.807, 2.05) is 6.92 Å². The zero-order chi connectivity index (χ0) is 17.7. The zero-order valence-corrected chi connectivity index (χ0v) is 12.8. The molecule has 0 aliphatic rings. The first-order chi connectivity index (χ1) is 11.3. The van der Waals surface area contributed by atoms with Crippen molar-refractivity contribution in [2.75, 3.05) is 6.61 Å². The van der Waals surface area contributed by atoms with Gasteiger partial charge in [-0.1, -0.05) is 24.3 Å². The Morgan fingerprint density at radius 2 is 1.83 bits per heavy atom. The molecular weight excluding hydrogens is 321 g/mol. The molecule has 0 aromatic heterocycles. The summed E-state index contributed by atoms with van der Waals surface area (Å²) >= 11 is 0. The quantitative estimate of drug-likeness (QED) is 0.634. The molecule has 2 rings (SSSR count). The maximum absolute atomic E-state index is 12.6. The Hall–Kier alpha value is -2.76. The van der Waals surface area contributed by atoms with Crippen molar-refractivity contribution in [2.24, 2.45) is 0 Å². The monoisotopic (exact) mass is 336 g/mol. The van der Waals surface area contributed by atoms with Crippen LogP contribution in [0.15, 0.2) is 48.5 Å². The van der Waals surface area contributed by atoms with Gasteiger partial charge in [-0.25, -0.2) is 4.79 Å². The Morgan fingerprint density at radius 1 is 1.17 bits per heavy atom. The summed E-state index contributed by atoms with van der Waals surface area (Å²) in [5.41, 5.74) is -0.0401. The lowest BCUT2D eigenvalue weighted by Gasteiger charge is -2.08. The summed E-state index contributed by atoms with van der Waals surface area (Å²) in [6, 6.07) is 10.8. The Balaban J connectivity index is 2.38. The third kappa shape index (κ3) is 4.38. The molecule has 0 saturated heterocycles. The number of carbonyl (C=O) groups is 1. The van der Waals surface area contributed by atoms with E-state index in [0.29, 0.717) is 23.5 Å². The predicted octanol–water partition coefficient (Wildman–Crippen LogP) is 4.73. The van der Waals surface area contributed by atoms with E-state index in [2.05, 4.69) is 0 Å². The minimum atomic E-state index is -4.43. The topological polar surface area (TPSA) is 46.5 Å². The molecule has 0 unspecified atom stereocenters. The molecule has 2 aromatic rings. The highest BCUT2D eigenvalue weighted by Gasteiger charge is 2.29. The van der Waals surface area contributed by atoms with Crippen LogP contribution < -0.4 is 4.74 Å². The number of ether oxygens (including phenoxy) is 1. The van der Waals surface area contributed by atoms with Crippen molar-refractivity contribution in [3.63, 3.8) is 0 Å². The van der Waals surface area contributed by atoms with Crippen LogP contribution in [0, 0.1) is 0 Å². The lowest BCUT2D eigenvalue weighted by Crippen LogP contribution is -2.04. The molecule has 0 atom stereocenters. The van der Waals surface area contributed by atoms with Crippen LogP contribution in [0.1, 0.15) is 23.6 Å². The summed E-state index contributed by atoms with van der Waals surface area (Å²) in [7, 11) is 0. The van der Waals surface area contributed by atoms with Crippen LogP contribution in [-0.2, 0) is 11.0 Å². The Morgan fingerprint density at radius 3 is 2.38 bits per heavy atom. The number of alkyl halides is 3. The normalized spacial score (nSPS) is 12.1. The summed E-state index contributed by atoms with van der Waals surface area (Å²) in [5, 5.41) is 9.40. The highest BCUT2D eigenvalue weighted by Crippen LogP contribution is 2.30. The first kappa shape index (κ1) is 17.6. The SMILES string of the molecule is CCOc1cccc(/C(=C/c2ccc(C(F)(F)F)cc2)C(=O)O)c1. The van der Waals surface area contributed by atoms with E-state index in [0.717, 1.165) is 12.1 Å². The van der Waals surface area contributed by atoms with Crippen molar-refractivity contribution in [1.29, 1.82) is 0 Å². The summed E-state index contributed by atoms with van der Waals surface area (Å²) in [6.45, 7) is 2.25. The van der Waals surface area contributed by atoms with Gasteiger partial charge in [0.25, 0.3) is 0 Å². The smallest absolute Gasteiger partial charge is 0.416 e. The van der Waals surface area contributed by atoms with E-state index in [1.165, 1.54) is 18.2 Å². The van der Waals surface area contributed by atoms with Gasteiger partial charge in [0, 0.05) is 0 Å². The molecule has 0 aliphatic carbocycles. The van der Waals surface area contributed by atoms with Gasteiger partial charge < -0.3 is 9.84 Å². The number of aliphatic carboxylic acids is 1. The van der Waals surface area contributed by atoms with Gasteiger partial charge in [-0.15, -0.1) is 0 Å². The average Bonchev–Trinajstić information content (AvgIpc) is 2.52. The van der Waals surface area contributed by atoms with Gasteiger partial charge in [0.1, 0.15) is 5.75 Å². The first-order valence-corrected chi connectivity index (χ1v) is 7.16. The minimum absolute atomic E-state index is 0.0312. The first-order valence-electron chi connectivity index (χ1n) is 7.16. The average molecular weight is 336 g/mol. The fourth-order valence-corrected chi connectivity index (χ4v) is 2.12. The van der Waals surface area contributed by atoms with E-state index in [-0.39, 0.29) is 5.57 Å². The summed E-state index contributed by atoms with van der Waals surface area (Å²) in [5.74, 6) is -0.655. The van der Waals surface area contributed by atoms with Gasteiger partial charge in [0.15, 0.2) is 0 Å². The number of carboxylic acids is 1. The van der Waals surface area contributed by atoms with Gasteiger partial charge in [-0.2, -0.15) is 13.2 Å². The van der Waals surface area contributed by atoms with Crippen molar-refractivity contribution >= 4 is 17.6 Å². The second-order valence-corrected chi connectivity index (χ2v) is 4.94. The van der Waals surface area contributed by atoms with Gasteiger partial charge in [0.2, 0.25) is 0 Å². The third-order valence-electron chi connectivity index (χ3n) is 3.24. The number of rotatable bonds is 5. The van der Waals surface area contributed by atoms with Crippen molar-refractivity contribution in [1.82, 2.24) is 0 Å². The second kappa shape index (κ2) is 7.21. The lowest BCUT2D eigenvalue weighted by atomic mass is 10.0. The van der Waals surface area contributed by atoms with Crippen molar-refractivity contribution in [3.8, 4) is 5.75 Å². The second-order valence-electron chi connectivity index (χ2n) is 4.94. The molecule has 126 valence electrons. The van der Waals surface area contributed by atoms with Gasteiger partial charge >= 0.3 is 12.1 Å². The summed E-state index contributed by atoms with van der Waals surface area (Å²) in [6.07, 6.45) is -3.10. The molecule has 24 heavy (non-hydrogen) atoms. The number of carboxylic acid groups (broad SMARTS) is 1. The van der Waals surface area contributed by atoms with Gasteiger partial charge in [-0.05, 0) is 48.4 Å². The Bertz CT molecular complexity index is 747. The maximum atomic E-state index is 12.6. The van der Waals surface area contributed by atoms with Crippen molar-refractivity contribution in [3.05, 3.63) is 65.2 Å². The highest BCUT2D eigenvalue weighted by atomic mass is 19.4. The summed E-state index contributed by atoms with van der Waals surface area (Å²) in [4.78, 5) is 11.5. The Labute approximate surface area is 137 Å². The molecule has 0 spiro atoms. The minimum Gasteiger partial charge on any atom is -0.494 e. The fraction of sp³-hybridized carbons (Fsp3) is 0.167. The van der Waals surface area contributed by atoms with Crippen LogP contribution in [0.25, 0.3) is 11.6 Å². The van der Waals surface area contributed by atoms with E-state index >= 15 is 0 Å². The van der Waals surface area contributed by atoms with Gasteiger partial charge in [-0.3, -0.25) is 0 Å².